The predicted octanol–water partition coefficient (Wildman–Crippen LogP) is 1.59. The average molecular weight is 306 g/mol. The molecular weight excluding hydrogens is 284 g/mol. The van der Waals surface area contributed by atoms with Crippen molar-refractivity contribution in [3.8, 4) is 0 Å². The lowest BCUT2D eigenvalue weighted by atomic mass is 9.92. The van der Waals surface area contributed by atoms with Crippen LogP contribution in [-0.4, -0.2) is 41.4 Å². The number of anilines is 1. The summed E-state index contributed by atoms with van der Waals surface area (Å²) in [7, 11) is 0. The van der Waals surface area contributed by atoms with Crippen molar-refractivity contribution in [3.63, 3.8) is 0 Å². The van der Waals surface area contributed by atoms with Gasteiger partial charge in [-0.2, -0.15) is 0 Å². The van der Waals surface area contributed by atoms with Crippen LogP contribution in [0, 0.1) is 16.0 Å². The molecule has 22 heavy (non-hydrogen) atoms. The minimum absolute atomic E-state index is 0.0256. The third-order valence-corrected chi connectivity index (χ3v) is 4.08. The van der Waals surface area contributed by atoms with E-state index in [2.05, 4.69) is 5.32 Å². The fourth-order valence-electron chi connectivity index (χ4n) is 2.73. The van der Waals surface area contributed by atoms with Crippen molar-refractivity contribution < 1.29 is 9.72 Å². The Balaban J connectivity index is 1.94. The molecule has 2 atom stereocenters. The maximum atomic E-state index is 12.3. The summed E-state index contributed by atoms with van der Waals surface area (Å²) in [5.41, 5.74) is 6.26. The molecular formula is C15H22N4O3. The zero-order valence-corrected chi connectivity index (χ0v) is 12.7. The van der Waals surface area contributed by atoms with Crippen LogP contribution in [0.4, 0.5) is 11.4 Å². The summed E-state index contributed by atoms with van der Waals surface area (Å²) in [5.74, 6) is 0.271. The Kier molecular flexibility index (Phi) is 5.32. The number of nitrogens with one attached hydrogen (secondary N) is 1. The molecule has 1 aromatic carbocycles. The van der Waals surface area contributed by atoms with Crippen molar-refractivity contribution in [1.29, 1.82) is 0 Å². The summed E-state index contributed by atoms with van der Waals surface area (Å²) >= 11 is 0. The van der Waals surface area contributed by atoms with E-state index < -0.39 is 4.92 Å². The van der Waals surface area contributed by atoms with Gasteiger partial charge in [-0.15, -0.1) is 0 Å². The molecule has 0 aromatic heterocycles. The Morgan fingerprint density at radius 2 is 2.27 bits per heavy atom. The van der Waals surface area contributed by atoms with Crippen LogP contribution in [0.5, 0.6) is 0 Å². The quantitative estimate of drug-likeness (QED) is 0.635. The maximum absolute atomic E-state index is 12.3. The van der Waals surface area contributed by atoms with Gasteiger partial charge < -0.3 is 16.0 Å². The van der Waals surface area contributed by atoms with Crippen LogP contribution in [0.15, 0.2) is 24.3 Å². The van der Waals surface area contributed by atoms with Gasteiger partial charge >= 0.3 is 0 Å². The monoisotopic (exact) mass is 306 g/mol. The lowest BCUT2D eigenvalue weighted by Crippen LogP contribution is -2.46. The van der Waals surface area contributed by atoms with Crippen LogP contribution in [0.1, 0.15) is 19.8 Å². The van der Waals surface area contributed by atoms with E-state index in [4.69, 9.17) is 5.73 Å². The number of piperidine rings is 1. The fourth-order valence-corrected chi connectivity index (χ4v) is 2.73. The van der Waals surface area contributed by atoms with Gasteiger partial charge in [0.05, 0.1) is 11.5 Å². The van der Waals surface area contributed by atoms with Crippen LogP contribution in [0.3, 0.4) is 0 Å². The Bertz CT molecular complexity index is 547. The second-order valence-electron chi connectivity index (χ2n) is 5.73. The molecule has 1 heterocycles. The number of carbonyl (C=O) groups is 1. The molecule has 2 rings (SSSR count). The molecule has 1 aliphatic heterocycles. The fraction of sp³-hybridized carbons (Fsp3) is 0.533. The van der Waals surface area contributed by atoms with Crippen LogP contribution in [0.2, 0.25) is 0 Å². The van der Waals surface area contributed by atoms with Crippen LogP contribution >= 0.6 is 0 Å². The summed E-state index contributed by atoms with van der Waals surface area (Å²) in [5, 5.41) is 13.8. The molecule has 7 heteroatoms. The average Bonchev–Trinajstić information content (AvgIpc) is 2.52. The predicted molar refractivity (Wildman–Crippen MR) is 84.5 cm³/mol. The summed E-state index contributed by atoms with van der Waals surface area (Å²) < 4.78 is 0. The van der Waals surface area contributed by atoms with E-state index in [-0.39, 0.29) is 24.2 Å². The number of benzene rings is 1. The topological polar surface area (TPSA) is 102 Å². The van der Waals surface area contributed by atoms with Crippen molar-refractivity contribution in [3.05, 3.63) is 34.4 Å². The summed E-state index contributed by atoms with van der Waals surface area (Å²) in [6.45, 7) is 3.40. The first-order valence-electron chi connectivity index (χ1n) is 7.49. The Morgan fingerprint density at radius 3 is 2.95 bits per heavy atom. The second kappa shape index (κ2) is 7.22. The van der Waals surface area contributed by atoms with Crippen LogP contribution in [0.25, 0.3) is 0 Å². The van der Waals surface area contributed by atoms with Gasteiger partial charge in [0, 0.05) is 25.2 Å². The third kappa shape index (κ3) is 3.94. The molecule has 1 amide bonds. The molecule has 3 N–H and O–H groups in total. The van der Waals surface area contributed by atoms with Gasteiger partial charge in [-0.25, -0.2) is 0 Å². The van der Waals surface area contributed by atoms with Gasteiger partial charge in [-0.1, -0.05) is 12.1 Å². The van der Waals surface area contributed by atoms with E-state index in [1.807, 2.05) is 6.92 Å². The van der Waals surface area contributed by atoms with E-state index in [1.54, 1.807) is 23.1 Å². The molecule has 0 aliphatic carbocycles. The summed E-state index contributed by atoms with van der Waals surface area (Å²) in [6, 6.07) is 6.39. The number of nitrogens with zero attached hydrogens (tertiary/aromatic N) is 2. The van der Waals surface area contributed by atoms with E-state index in [0.717, 1.165) is 19.4 Å². The molecule has 120 valence electrons. The van der Waals surface area contributed by atoms with Gasteiger partial charge in [0.15, 0.2) is 0 Å². The molecule has 1 aromatic rings. The molecule has 0 spiro atoms. The van der Waals surface area contributed by atoms with Crippen molar-refractivity contribution in [2.45, 2.75) is 25.8 Å². The number of hydrogen-bond acceptors (Lipinski definition) is 5. The lowest BCUT2D eigenvalue weighted by molar-refractivity contribution is -0.383. The first-order chi connectivity index (χ1) is 10.5. The van der Waals surface area contributed by atoms with Crippen molar-refractivity contribution in [2.24, 2.45) is 11.7 Å². The molecule has 0 bridgehead atoms. The SMILES string of the molecule is CC(N)C1CCCN(C(=O)CNc2ccccc2[N+](=O)[O-])C1. The van der Waals surface area contributed by atoms with Gasteiger partial charge in [0.2, 0.25) is 5.91 Å². The zero-order chi connectivity index (χ0) is 16.1. The number of hydrogen-bond donors (Lipinski definition) is 2. The summed E-state index contributed by atoms with van der Waals surface area (Å²) in [6.07, 6.45) is 1.99. The molecule has 2 unspecified atom stereocenters. The second-order valence-corrected chi connectivity index (χ2v) is 5.73. The largest absolute Gasteiger partial charge is 0.371 e. The Hall–Kier alpha value is -2.15. The first-order valence-corrected chi connectivity index (χ1v) is 7.49. The standard InChI is InChI=1S/C15H22N4O3/c1-11(16)12-5-4-8-18(10-12)15(20)9-17-13-6-2-3-7-14(13)19(21)22/h2-3,6-7,11-12,17H,4-5,8-10,16H2,1H3. The lowest BCUT2D eigenvalue weighted by Gasteiger charge is -2.34. The Labute approximate surface area is 129 Å². The number of rotatable bonds is 5. The van der Waals surface area contributed by atoms with E-state index >= 15 is 0 Å². The smallest absolute Gasteiger partial charge is 0.292 e. The zero-order valence-electron chi connectivity index (χ0n) is 12.7. The van der Waals surface area contributed by atoms with Gasteiger partial charge in [0.1, 0.15) is 5.69 Å². The van der Waals surface area contributed by atoms with E-state index in [0.29, 0.717) is 18.2 Å². The third-order valence-electron chi connectivity index (χ3n) is 4.08. The molecule has 0 saturated carbocycles. The normalized spacial score (nSPS) is 19.5. The van der Waals surface area contributed by atoms with Crippen molar-refractivity contribution in [2.75, 3.05) is 25.0 Å². The van der Waals surface area contributed by atoms with Crippen LogP contribution in [-0.2, 0) is 4.79 Å². The highest BCUT2D eigenvalue weighted by Gasteiger charge is 2.25. The number of nitro benzene ring substituents is 1. The minimum atomic E-state index is -0.458. The highest BCUT2D eigenvalue weighted by atomic mass is 16.6. The minimum Gasteiger partial charge on any atom is -0.371 e. The van der Waals surface area contributed by atoms with Crippen molar-refractivity contribution in [1.82, 2.24) is 4.90 Å². The van der Waals surface area contributed by atoms with Crippen LogP contribution < -0.4 is 11.1 Å². The Morgan fingerprint density at radius 1 is 1.55 bits per heavy atom. The van der Waals surface area contributed by atoms with Gasteiger partial charge in [0.25, 0.3) is 5.69 Å². The van der Waals surface area contributed by atoms with Crippen molar-refractivity contribution >= 4 is 17.3 Å². The number of amides is 1. The molecule has 1 saturated heterocycles. The molecule has 1 fully saturated rings. The molecule has 7 nitrogen and oxygen atoms in total. The highest BCUT2D eigenvalue weighted by molar-refractivity contribution is 5.82. The number of nitro groups is 1. The first kappa shape index (κ1) is 16.2. The summed E-state index contributed by atoms with van der Waals surface area (Å²) in [4.78, 5) is 24.5. The van der Waals surface area contributed by atoms with E-state index in [9.17, 15) is 14.9 Å². The molecule has 0 radical (unpaired) electrons. The number of nitrogens with two attached hydrogens (primary N) is 1. The number of likely N-dealkylation sites (tertiary alicyclic amines) is 1. The van der Waals surface area contributed by atoms with Gasteiger partial charge in [-0.3, -0.25) is 14.9 Å². The molecule has 1 aliphatic rings. The number of para-hydroxylation sites is 2. The maximum Gasteiger partial charge on any atom is 0.292 e. The number of carbonyl (C=O) groups excluding carboxylic acids is 1. The van der Waals surface area contributed by atoms with E-state index in [1.165, 1.54) is 6.07 Å². The van der Waals surface area contributed by atoms with Gasteiger partial charge in [-0.05, 0) is 31.7 Å². The highest BCUT2D eigenvalue weighted by Crippen LogP contribution is 2.23.